The summed E-state index contributed by atoms with van der Waals surface area (Å²) in [5, 5.41) is 11.0. The van der Waals surface area contributed by atoms with Crippen LogP contribution in [-0.2, 0) is 9.59 Å². The molecular formula is C15H18BrNO5. The molecule has 1 amide bonds. The quantitative estimate of drug-likeness (QED) is 0.685. The van der Waals surface area contributed by atoms with Gasteiger partial charge in [-0.2, -0.15) is 0 Å². The topological polar surface area (TPSA) is 84.9 Å². The molecule has 0 spiro atoms. The zero-order chi connectivity index (χ0) is 16.5. The summed E-state index contributed by atoms with van der Waals surface area (Å²) in [6, 6.07) is 3.55. The monoisotopic (exact) mass is 371 g/mol. The molecule has 2 N–H and O–H groups in total. The summed E-state index contributed by atoms with van der Waals surface area (Å²) in [7, 11) is 1.54. The van der Waals surface area contributed by atoms with E-state index < -0.39 is 5.97 Å². The van der Waals surface area contributed by atoms with Crippen molar-refractivity contribution in [2.24, 2.45) is 0 Å². The van der Waals surface area contributed by atoms with E-state index in [2.05, 4.69) is 21.2 Å². The first-order chi connectivity index (χ1) is 10.5. The predicted molar refractivity (Wildman–Crippen MR) is 86.2 cm³/mol. The van der Waals surface area contributed by atoms with Gasteiger partial charge in [0.1, 0.15) is 0 Å². The highest BCUT2D eigenvalue weighted by Crippen LogP contribution is 2.36. The number of carboxylic acid groups (broad SMARTS) is 1. The third-order valence-corrected chi connectivity index (χ3v) is 3.19. The highest BCUT2D eigenvalue weighted by atomic mass is 79.9. The number of halogens is 1. The van der Waals surface area contributed by atoms with Crippen molar-refractivity contribution in [2.45, 2.75) is 13.3 Å². The van der Waals surface area contributed by atoms with E-state index in [9.17, 15) is 9.59 Å². The molecule has 0 unspecified atom stereocenters. The van der Waals surface area contributed by atoms with E-state index in [4.69, 9.17) is 14.6 Å². The van der Waals surface area contributed by atoms with Gasteiger partial charge in [-0.3, -0.25) is 9.59 Å². The number of benzene rings is 1. The number of nitrogens with one attached hydrogen (secondary N) is 1. The molecule has 1 rings (SSSR count). The first kappa shape index (κ1) is 18.0. The van der Waals surface area contributed by atoms with Crippen molar-refractivity contribution in [3.05, 3.63) is 28.2 Å². The third kappa shape index (κ3) is 5.77. The van der Waals surface area contributed by atoms with Crippen molar-refractivity contribution in [3.63, 3.8) is 0 Å². The summed E-state index contributed by atoms with van der Waals surface area (Å²) in [6.45, 7) is 2.48. The molecule has 0 aliphatic rings. The van der Waals surface area contributed by atoms with Gasteiger partial charge < -0.3 is 19.9 Å². The van der Waals surface area contributed by atoms with Gasteiger partial charge in [0.25, 0.3) is 0 Å². The summed E-state index contributed by atoms with van der Waals surface area (Å²) < 4.78 is 11.5. The molecule has 0 heterocycles. The zero-order valence-electron chi connectivity index (χ0n) is 12.4. The van der Waals surface area contributed by atoms with Gasteiger partial charge >= 0.3 is 5.97 Å². The van der Waals surface area contributed by atoms with E-state index in [1.807, 2.05) is 6.92 Å². The minimum Gasteiger partial charge on any atom is -0.493 e. The number of ether oxygens (including phenoxy) is 2. The van der Waals surface area contributed by atoms with Crippen LogP contribution in [0.5, 0.6) is 11.5 Å². The fourth-order valence-electron chi connectivity index (χ4n) is 1.64. The molecule has 1 aromatic carbocycles. The largest absolute Gasteiger partial charge is 0.493 e. The number of hydrogen-bond donors (Lipinski definition) is 2. The third-order valence-electron chi connectivity index (χ3n) is 2.61. The molecule has 120 valence electrons. The van der Waals surface area contributed by atoms with Crippen LogP contribution in [0.4, 0.5) is 0 Å². The van der Waals surface area contributed by atoms with Gasteiger partial charge in [-0.1, -0.05) is 0 Å². The molecule has 0 bridgehead atoms. The Labute approximate surface area is 137 Å². The van der Waals surface area contributed by atoms with Crippen molar-refractivity contribution < 1.29 is 24.2 Å². The fraction of sp³-hybridized carbons (Fsp3) is 0.333. The van der Waals surface area contributed by atoms with E-state index in [-0.39, 0.29) is 18.9 Å². The second-order valence-corrected chi connectivity index (χ2v) is 5.09. The first-order valence-corrected chi connectivity index (χ1v) is 7.45. The lowest BCUT2D eigenvalue weighted by Gasteiger charge is -2.12. The van der Waals surface area contributed by atoms with Crippen LogP contribution in [0.2, 0.25) is 0 Å². The van der Waals surface area contributed by atoms with Gasteiger partial charge in [0, 0.05) is 12.6 Å². The normalized spacial score (nSPS) is 10.5. The van der Waals surface area contributed by atoms with Crippen LogP contribution in [0.25, 0.3) is 6.08 Å². The van der Waals surface area contributed by atoms with E-state index in [0.29, 0.717) is 18.1 Å². The molecule has 1 aromatic rings. The number of carbonyl (C=O) groups excluding carboxylic acids is 1. The SMILES string of the molecule is CCOc1c(Br)cc(/C=C/C(=O)NCCC(=O)O)cc1OC. The van der Waals surface area contributed by atoms with Gasteiger partial charge in [-0.15, -0.1) is 0 Å². The molecule has 0 aliphatic heterocycles. The number of amides is 1. The van der Waals surface area contributed by atoms with Crippen LogP contribution in [0.15, 0.2) is 22.7 Å². The molecule has 0 fully saturated rings. The maximum absolute atomic E-state index is 11.5. The molecule has 22 heavy (non-hydrogen) atoms. The summed E-state index contributed by atoms with van der Waals surface area (Å²) in [4.78, 5) is 21.9. The Kier molecular flexibility index (Phi) is 7.45. The molecule has 7 heteroatoms. The Morgan fingerprint density at radius 3 is 2.73 bits per heavy atom. The van der Waals surface area contributed by atoms with Gasteiger partial charge in [0.15, 0.2) is 11.5 Å². The number of aliphatic carboxylic acids is 1. The number of rotatable bonds is 8. The molecule has 0 saturated heterocycles. The molecule has 6 nitrogen and oxygen atoms in total. The van der Waals surface area contributed by atoms with Crippen molar-refractivity contribution >= 4 is 33.9 Å². The maximum atomic E-state index is 11.5. The highest BCUT2D eigenvalue weighted by Gasteiger charge is 2.10. The van der Waals surface area contributed by atoms with Crippen molar-refractivity contribution in [2.75, 3.05) is 20.3 Å². The van der Waals surface area contributed by atoms with Crippen LogP contribution in [0.1, 0.15) is 18.9 Å². The van der Waals surface area contributed by atoms with Crippen LogP contribution in [0, 0.1) is 0 Å². The smallest absolute Gasteiger partial charge is 0.305 e. The van der Waals surface area contributed by atoms with Gasteiger partial charge in [-0.05, 0) is 46.6 Å². The van der Waals surface area contributed by atoms with Crippen LogP contribution >= 0.6 is 15.9 Å². The molecule has 0 radical (unpaired) electrons. The van der Waals surface area contributed by atoms with E-state index in [0.717, 1.165) is 10.0 Å². The summed E-state index contributed by atoms with van der Waals surface area (Å²) >= 11 is 3.40. The van der Waals surface area contributed by atoms with E-state index in [1.165, 1.54) is 13.2 Å². The molecular weight excluding hydrogens is 354 g/mol. The number of hydrogen-bond acceptors (Lipinski definition) is 4. The van der Waals surface area contributed by atoms with Crippen LogP contribution in [-0.4, -0.2) is 37.2 Å². The van der Waals surface area contributed by atoms with Crippen LogP contribution < -0.4 is 14.8 Å². The Morgan fingerprint density at radius 1 is 1.41 bits per heavy atom. The average molecular weight is 372 g/mol. The molecule has 0 saturated carbocycles. The summed E-state index contributed by atoms with van der Waals surface area (Å²) in [5.41, 5.74) is 0.751. The minimum absolute atomic E-state index is 0.0921. The Bertz CT molecular complexity index is 571. The zero-order valence-corrected chi connectivity index (χ0v) is 14.0. The Hall–Kier alpha value is -2.02. The summed E-state index contributed by atoms with van der Waals surface area (Å²) in [5.74, 6) is -0.148. The molecule has 0 aliphatic carbocycles. The van der Waals surface area contributed by atoms with Gasteiger partial charge in [0.2, 0.25) is 5.91 Å². The Balaban J connectivity index is 2.76. The average Bonchev–Trinajstić information content (AvgIpc) is 2.47. The second kappa shape index (κ2) is 9.09. The molecule has 0 atom stereocenters. The van der Waals surface area contributed by atoms with Gasteiger partial charge in [-0.25, -0.2) is 0 Å². The van der Waals surface area contributed by atoms with E-state index in [1.54, 1.807) is 18.2 Å². The molecule has 0 aromatic heterocycles. The van der Waals surface area contributed by atoms with Crippen LogP contribution in [0.3, 0.4) is 0 Å². The highest BCUT2D eigenvalue weighted by molar-refractivity contribution is 9.10. The maximum Gasteiger partial charge on any atom is 0.305 e. The number of carbonyl (C=O) groups is 2. The first-order valence-electron chi connectivity index (χ1n) is 6.66. The summed E-state index contributed by atoms with van der Waals surface area (Å²) in [6.07, 6.45) is 2.84. The lowest BCUT2D eigenvalue weighted by Crippen LogP contribution is -2.23. The van der Waals surface area contributed by atoms with Crippen molar-refractivity contribution in [1.29, 1.82) is 0 Å². The standard InChI is InChI=1S/C15H18BrNO5/c1-3-22-15-11(16)8-10(9-12(15)21-2)4-5-13(18)17-7-6-14(19)20/h4-5,8-9H,3,6-7H2,1-2H3,(H,17,18)(H,19,20)/b5-4+. The number of methoxy groups -OCH3 is 1. The lowest BCUT2D eigenvalue weighted by atomic mass is 10.2. The lowest BCUT2D eigenvalue weighted by molar-refractivity contribution is -0.136. The second-order valence-electron chi connectivity index (χ2n) is 4.24. The van der Waals surface area contributed by atoms with E-state index >= 15 is 0 Å². The number of carboxylic acids is 1. The van der Waals surface area contributed by atoms with Crippen molar-refractivity contribution in [3.8, 4) is 11.5 Å². The predicted octanol–water partition coefficient (Wildman–Crippen LogP) is 2.46. The fourth-order valence-corrected chi connectivity index (χ4v) is 2.22. The van der Waals surface area contributed by atoms with Crippen molar-refractivity contribution in [1.82, 2.24) is 5.32 Å². The Morgan fingerprint density at radius 2 is 2.14 bits per heavy atom. The van der Waals surface area contributed by atoms with Gasteiger partial charge in [0.05, 0.1) is 24.6 Å². The minimum atomic E-state index is -0.954.